The zero-order valence-electron chi connectivity index (χ0n) is 12.3. The normalized spacial score (nSPS) is 10.3. The number of rotatable bonds is 4. The lowest BCUT2D eigenvalue weighted by molar-refractivity contribution is -0.116. The van der Waals surface area contributed by atoms with Crippen molar-refractivity contribution < 1.29 is 9.18 Å². The average Bonchev–Trinajstić information content (AvgIpc) is 2.58. The minimum absolute atomic E-state index is 0.317. The number of hydrazine groups is 1. The van der Waals surface area contributed by atoms with Gasteiger partial charge in [-0.3, -0.25) is 15.6 Å². The number of benzene rings is 2. The molecule has 2 aromatic carbocycles. The standard InChI is InChI=1S/C17H16FN3OS/c18-15-9-6-13(7-10-15)8-11-16(22)20-21-17(23)19-12-14-4-2-1-3-5-14/h1-11H,12H2,(H,20,22)(H2,19,21,23)/b11-8+. The predicted molar refractivity (Wildman–Crippen MR) is 92.6 cm³/mol. The first-order valence-electron chi connectivity index (χ1n) is 6.95. The topological polar surface area (TPSA) is 53.2 Å². The van der Waals surface area contributed by atoms with E-state index in [9.17, 15) is 9.18 Å². The highest BCUT2D eigenvalue weighted by atomic mass is 32.1. The Bertz CT molecular complexity index is 687. The Morgan fingerprint density at radius 1 is 1.04 bits per heavy atom. The molecule has 0 aliphatic heterocycles. The molecule has 2 rings (SSSR count). The van der Waals surface area contributed by atoms with Crippen LogP contribution in [0.1, 0.15) is 11.1 Å². The van der Waals surface area contributed by atoms with Gasteiger partial charge in [0, 0.05) is 12.6 Å². The molecule has 2 aromatic rings. The number of carbonyl (C=O) groups is 1. The second-order valence-corrected chi connectivity index (χ2v) is 5.08. The van der Waals surface area contributed by atoms with Gasteiger partial charge >= 0.3 is 0 Å². The molecule has 0 radical (unpaired) electrons. The van der Waals surface area contributed by atoms with E-state index in [1.807, 2.05) is 30.3 Å². The van der Waals surface area contributed by atoms with Gasteiger partial charge in [-0.1, -0.05) is 42.5 Å². The molecule has 0 saturated heterocycles. The summed E-state index contributed by atoms with van der Waals surface area (Å²) in [5.41, 5.74) is 6.87. The summed E-state index contributed by atoms with van der Waals surface area (Å²) in [6, 6.07) is 15.6. The Morgan fingerprint density at radius 2 is 1.74 bits per heavy atom. The van der Waals surface area contributed by atoms with Crippen molar-refractivity contribution in [1.29, 1.82) is 0 Å². The van der Waals surface area contributed by atoms with Crippen LogP contribution >= 0.6 is 12.2 Å². The van der Waals surface area contributed by atoms with Crippen LogP contribution in [0.15, 0.2) is 60.7 Å². The molecule has 4 nitrogen and oxygen atoms in total. The molecule has 0 atom stereocenters. The van der Waals surface area contributed by atoms with Gasteiger partial charge in [-0.2, -0.15) is 0 Å². The van der Waals surface area contributed by atoms with Crippen molar-refractivity contribution in [2.24, 2.45) is 0 Å². The Labute approximate surface area is 139 Å². The summed E-state index contributed by atoms with van der Waals surface area (Å²) in [6.45, 7) is 0.563. The number of carbonyl (C=O) groups excluding carboxylic acids is 1. The van der Waals surface area contributed by atoms with Crippen LogP contribution in [0, 0.1) is 5.82 Å². The second kappa shape index (κ2) is 8.65. The van der Waals surface area contributed by atoms with Gasteiger partial charge < -0.3 is 5.32 Å². The van der Waals surface area contributed by atoms with Crippen LogP contribution < -0.4 is 16.2 Å². The molecule has 6 heteroatoms. The van der Waals surface area contributed by atoms with Crippen LogP contribution in [0.4, 0.5) is 4.39 Å². The zero-order chi connectivity index (χ0) is 16.5. The van der Waals surface area contributed by atoms with Crippen LogP contribution in [-0.2, 0) is 11.3 Å². The lowest BCUT2D eigenvalue weighted by Gasteiger charge is -2.10. The first-order valence-corrected chi connectivity index (χ1v) is 7.36. The summed E-state index contributed by atoms with van der Waals surface area (Å²) in [7, 11) is 0. The quantitative estimate of drug-likeness (QED) is 0.458. The Balaban J connectivity index is 1.71. The number of hydrogen-bond donors (Lipinski definition) is 3. The van der Waals surface area contributed by atoms with Crippen LogP contribution in [0.5, 0.6) is 0 Å². The molecule has 0 saturated carbocycles. The maximum absolute atomic E-state index is 12.8. The molecule has 3 N–H and O–H groups in total. The van der Waals surface area contributed by atoms with E-state index >= 15 is 0 Å². The third-order valence-corrected chi connectivity index (χ3v) is 3.14. The van der Waals surface area contributed by atoms with Crippen molar-refractivity contribution in [2.45, 2.75) is 6.54 Å². The van der Waals surface area contributed by atoms with E-state index in [1.165, 1.54) is 18.2 Å². The van der Waals surface area contributed by atoms with Gasteiger partial charge in [0.25, 0.3) is 5.91 Å². The van der Waals surface area contributed by atoms with Crippen molar-refractivity contribution in [2.75, 3.05) is 0 Å². The third kappa shape index (κ3) is 6.27. The third-order valence-electron chi connectivity index (χ3n) is 2.89. The summed E-state index contributed by atoms with van der Waals surface area (Å²) in [5.74, 6) is -0.679. The first-order chi connectivity index (χ1) is 11.1. The molecular formula is C17H16FN3OS. The average molecular weight is 329 g/mol. The Morgan fingerprint density at radius 3 is 2.43 bits per heavy atom. The SMILES string of the molecule is O=C(/C=C/c1ccc(F)cc1)NNC(=S)NCc1ccccc1. The largest absolute Gasteiger partial charge is 0.357 e. The van der Waals surface area contributed by atoms with Crippen molar-refractivity contribution in [1.82, 2.24) is 16.2 Å². The van der Waals surface area contributed by atoms with Gasteiger partial charge in [0.05, 0.1) is 0 Å². The fourth-order valence-electron chi connectivity index (χ4n) is 1.73. The fraction of sp³-hybridized carbons (Fsp3) is 0.0588. The summed E-state index contributed by atoms with van der Waals surface area (Å²) in [6.07, 6.45) is 2.91. The van der Waals surface area contributed by atoms with Gasteiger partial charge in [0.2, 0.25) is 0 Å². The highest BCUT2D eigenvalue weighted by Gasteiger charge is 1.98. The molecule has 0 spiro atoms. The highest BCUT2D eigenvalue weighted by Crippen LogP contribution is 2.04. The molecule has 0 aliphatic carbocycles. The minimum atomic E-state index is -0.363. The second-order valence-electron chi connectivity index (χ2n) is 4.67. The van der Waals surface area contributed by atoms with Crippen molar-refractivity contribution in [3.8, 4) is 0 Å². The lowest BCUT2D eigenvalue weighted by Crippen LogP contribution is -2.45. The summed E-state index contributed by atoms with van der Waals surface area (Å²) >= 11 is 5.06. The number of halogens is 1. The highest BCUT2D eigenvalue weighted by molar-refractivity contribution is 7.80. The van der Waals surface area contributed by atoms with Crippen LogP contribution in [-0.4, -0.2) is 11.0 Å². The molecule has 0 aliphatic rings. The van der Waals surface area contributed by atoms with Gasteiger partial charge in [-0.25, -0.2) is 4.39 Å². The van der Waals surface area contributed by atoms with Crippen molar-refractivity contribution in [3.63, 3.8) is 0 Å². The molecular weight excluding hydrogens is 313 g/mol. The van der Waals surface area contributed by atoms with Crippen LogP contribution in [0.3, 0.4) is 0 Å². The van der Waals surface area contributed by atoms with Gasteiger partial charge in [-0.05, 0) is 41.6 Å². The molecule has 23 heavy (non-hydrogen) atoms. The van der Waals surface area contributed by atoms with E-state index in [4.69, 9.17) is 12.2 Å². The van der Waals surface area contributed by atoms with E-state index in [0.29, 0.717) is 11.7 Å². The maximum atomic E-state index is 12.8. The van der Waals surface area contributed by atoms with E-state index in [0.717, 1.165) is 11.1 Å². The smallest absolute Gasteiger partial charge is 0.262 e. The molecule has 1 amide bonds. The number of nitrogens with one attached hydrogen (secondary N) is 3. The fourth-order valence-corrected chi connectivity index (χ4v) is 1.85. The number of amides is 1. The summed E-state index contributed by atoms with van der Waals surface area (Å²) in [4.78, 5) is 11.6. The molecule has 0 fully saturated rings. The molecule has 0 aromatic heterocycles. The van der Waals surface area contributed by atoms with Gasteiger partial charge in [-0.15, -0.1) is 0 Å². The first kappa shape index (κ1) is 16.6. The van der Waals surface area contributed by atoms with Gasteiger partial charge in [0.1, 0.15) is 5.82 Å². The summed E-state index contributed by atoms with van der Waals surface area (Å²) < 4.78 is 12.8. The maximum Gasteiger partial charge on any atom is 0.262 e. The van der Waals surface area contributed by atoms with Gasteiger partial charge in [0.15, 0.2) is 5.11 Å². The molecule has 0 heterocycles. The number of thiocarbonyl (C=S) groups is 1. The Kier molecular flexibility index (Phi) is 6.26. The molecule has 0 unspecified atom stereocenters. The predicted octanol–water partition coefficient (Wildman–Crippen LogP) is 2.53. The number of hydrogen-bond acceptors (Lipinski definition) is 2. The lowest BCUT2D eigenvalue weighted by atomic mass is 10.2. The van der Waals surface area contributed by atoms with Crippen LogP contribution in [0.2, 0.25) is 0 Å². The zero-order valence-corrected chi connectivity index (χ0v) is 13.1. The minimum Gasteiger partial charge on any atom is -0.357 e. The van der Waals surface area contributed by atoms with E-state index in [-0.39, 0.29) is 11.7 Å². The Hall–Kier alpha value is -2.73. The molecule has 118 valence electrons. The monoisotopic (exact) mass is 329 g/mol. The van der Waals surface area contributed by atoms with Crippen LogP contribution in [0.25, 0.3) is 6.08 Å². The van der Waals surface area contributed by atoms with E-state index in [1.54, 1.807) is 18.2 Å². The van der Waals surface area contributed by atoms with E-state index in [2.05, 4.69) is 16.2 Å². The van der Waals surface area contributed by atoms with E-state index < -0.39 is 0 Å². The summed E-state index contributed by atoms with van der Waals surface area (Å²) in [5, 5.41) is 3.29. The van der Waals surface area contributed by atoms with Crippen molar-refractivity contribution in [3.05, 3.63) is 77.6 Å². The molecule has 0 bridgehead atoms. The van der Waals surface area contributed by atoms with Crippen molar-refractivity contribution >= 4 is 29.3 Å².